The van der Waals surface area contributed by atoms with Gasteiger partial charge in [-0.2, -0.15) is 0 Å². The maximum atomic E-state index is 9.26. The van der Waals surface area contributed by atoms with Crippen molar-refractivity contribution >= 4 is 57.0 Å². The van der Waals surface area contributed by atoms with Crippen LogP contribution in [0.1, 0.15) is 12.0 Å². The Balaban J connectivity index is 0.00000112. The summed E-state index contributed by atoms with van der Waals surface area (Å²) in [6.07, 6.45) is 5.22. The number of allylic oxidation sites excluding steroid dienone is 2. The van der Waals surface area contributed by atoms with Gasteiger partial charge in [0.1, 0.15) is 0 Å². The van der Waals surface area contributed by atoms with Gasteiger partial charge in [0.05, 0.1) is 0 Å². The van der Waals surface area contributed by atoms with Gasteiger partial charge in [0, 0.05) is 57.8 Å². The zero-order valence-corrected chi connectivity index (χ0v) is 11.8. The number of hydrogen-bond acceptors (Lipinski definition) is 2. The van der Waals surface area contributed by atoms with Crippen LogP contribution >= 0.6 is 0 Å². The van der Waals surface area contributed by atoms with Gasteiger partial charge in [-0.25, -0.2) is 0 Å². The fourth-order valence-corrected chi connectivity index (χ4v) is 1.46. The van der Waals surface area contributed by atoms with E-state index < -0.39 is 5.79 Å². The molecule has 0 atom stereocenters. The first-order valence-electron chi connectivity index (χ1n) is 4.57. The molecule has 1 radical (unpaired) electrons. The van der Waals surface area contributed by atoms with Gasteiger partial charge in [-0.1, -0.05) is 42.5 Å². The van der Waals surface area contributed by atoms with Crippen molar-refractivity contribution in [1.29, 1.82) is 0 Å². The molecule has 0 saturated carbocycles. The molecule has 2 nitrogen and oxygen atoms in total. The molecule has 2 N–H and O–H groups in total. The van der Waals surface area contributed by atoms with Crippen molar-refractivity contribution in [2.24, 2.45) is 0 Å². The largest absolute Gasteiger partial charge is 0.362 e. The Kier molecular flexibility index (Phi) is 4.92. The summed E-state index contributed by atoms with van der Waals surface area (Å²) in [5.41, 5.74) is 2.13. The zero-order chi connectivity index (χ0) is 10.0. The van der Waals surface area contributed by atoms with Crippen LogP contribution in [-0.2, 0) is 0 Å². The molecule has 73 valence electrons. The quantitative estimate of drug-likeness (QED) is 0.561. The summed E-state index contributed by atoms with van der Waals surface area (Å²) in [7, 11) is 0. The van der Waals surface area contributed by atoms with E-state index in [1.54, 1.807) is 6.08 Å². The third-order valence-electron chi connectivity index (χ3n) is 2.26. The van der Waals surface area contributed by atoms with E-state index in [-0.39, 0.29) is 57.8 Å². The summed E-state index contributed by atoms with van der Waals surface area (Å²) in [6, 6.07) is 9.88. The van der Waals surface area contributed by atoms with Crippen LogP contribution in [0.25, 0.3) is 5.57 Å². The zero-order valence-electron chi connectivity index (χ0n) is 8.72. The van der Waals surface area contributed by atoms with Gasteiger partial charge in [0.25, 0.3) is 0 Å². The number of hydrogen-bond donors (Lipinski definition) is 2. The van der Waals surface area contributed by atoms with E-state index in [2.05, 4.69) is 0 Å². The van der Waals surface area contributed by atoms with E-state index in [9.17, 15) is 10.2 Å². The summed E-state index contributed by atoms with van der Waals surface area (Å²) in [6.45, 7) is 0. The number of rotatable bonds is 1. The molecule has 3 heteroatoms. The van der Waals surface area contributed by atoms with Gasteiger partial charge in [0.15, 0.2) is 5.79 Å². The van der Waals surface area contributed by atoms with Crippen LogP contribution in [-0.4, -0.2) is 67.4 Å². The van der Waals surface area contributed by atoms with Crippen molar-refractivity contribution in [3.05, 3.63) is 54.1 Å². The molecular formula is C12H12KO2. The molecule has 15 heavy (non-hydrogen) atoms. The topological polar surface area (TPSA) is 40.5 Å². The van der Waals surface area contributed by atoms with Crippen LogP contribution < -0.4 is 0 Å². The molecule has 1 aromatic carbocycles. The maximum Gasteiger partial charge on any atom is 0.186 e. The molecule has 0 aliphatic heterocycles. The predicted octanol–water partition coefficient (Wildman–Crippen LogP) is 1.33. The number of benzene rings is 1. The van der Waals surface area contributed by atoms with Crippen LogP contribution in [0, 0.1) is 0 Å². The molecule has 0 fully saturated rings. The van der Waals surface area contributed by atoms with Crippen molar-refractivity contribution in [3.8, 4) is 0 Å². The molecule has 1 aliphatic rings. The standard InChI is InChI=1S/C12H12O2.K/c13-12(14)8-6-11(7-9-12)10-4-2-1-3-5-10;/h1-8,13-14H,9H2;. The summed E-state index contributed by atoms with van der Waals surface area (Å²) < 4.78 is 0. The second kappa shape index (κ2) is 5.54. The van der Waals surface area contributed by atoms with Crippen LogP contribution in [0.3, 0.4) is 0 Å². The molecule has 0 bridgehead atoms. The third kappa shape index (κ3) is 3.64. The van der Waals surface area contributed by atoms with Gasteiger partial charge < -0.3 is 10.2 Å². The SMILES string of the molecule is OC1(O)C=CC(c2ccccc2)=CC1.[K]. The Labute approximate surface area is 132 Å². The van der Waals surface area contributed by atoms with Gasteiger partial charge in [-0.05, 0) is 17.2 Å². The Morgan fingerprint density at radius 1 is 1.07 bits per heavy atom. The van der Waals surface area contributed by atoms with E-state index in [4.69, 9.17) is 0 Å². The van der Waals surface area contributed by atoms with E-state index in [0.29, 0.717) is 0 Å². The minimum absolute atomic E-state index is 0. The Morgan fingerprint density at radius 2 is 1.73 bits per heavy atom. The van der Waals surface area contributed by atoms with E-state index >= 15 is 0 Å². The number of aliphatic hydroxyl groups is 2. The van der Waals surface area contributed by atoms with E-state index in [0.717, 1.165) is 11.1 Å². The van der Waals surface area contributed by atoms with Gasteiger partial charge in [-0.15, -0.1) is 0 Å². The minimum atomic E-state index is -1.67. The first-order valence-corrected chi connectivity index (χ1v) is 4.57. The van der Waals surface area contributed by atoms with E-state index in [1.165, 1.54) is 6.08 Å². The average molecular weight is 227 g/mol. The molecule has 1 aliphatic carbocycles. The molecule has 0 aromatic heterocycles. The second-order valence-corrected chi connectivity index (χ2v) is 3.44. The van der Waals surface area contributed by atoms with Crippen LogP contribution in [0.5, 0.6) is 0 Å². The third-order valence-corrected chi connectivity index (χ3v) is 2.26. The Bertz CT molecular complexity index is 380. The fraction of sp³-hybridized carbons (Fsp3) is 0.167. The van der Waals surface area contributed by atoms with E-state index in [1.807, 2.05) is 36.4 Å². The second-order valence-electron chi connectivity index (χ2n) is 3.44. The Morgan fingerprint density at radius 3 is 2.27 bits per heavy atom. The van der Waals surface area contributed by atoms with Crippen LogP contribution in [0.2, 0.25) is 0 Å². The van der Waals surface area contributed by atoms with Crippen molar-refractivity contribution in [2.45, 2.75) is 12.2 Å². The summed E-state index contributed by atoms with van der Waals surface area (Å²) >= 11 is 0. The molecular weight excluding hydrogens is 215 g/mol. The average Bonchev–Trinajstić information content (AvgIpc) is 2.19. The van der Waals surface area contributed by atoms with Gasteiger partial charge in [0.2, 0.25) is 0 Å². The van der Waals surface area contributed by atoms with Crippen LogP contribution in [0.4, 0.5) is 0 Å². The summed E-state index contributed by atoms with van der Waals surface area (Å²) in [5, 5.41) is 18.5. The summed E-state index contributed by atoms with van der Waals surface area (Å²) in [4.78, 5) is 0. The van der Waals surface area contributed by atoms with Crippen molar-refractivity contribution < 1.29 is 10.2 Å². The van der Waals surface area contributed by atoms with Gasteiger partial charge in [-0.3, -0.25) is 0 Å². The minimum Gasteiger partial charge on any atom is -0.362 e. The molecule has 0 unspecified atom stereocenters. The predicted molar refractivity (Wildman–Crippen MR) is 61.1 cm³/mol. The van der Waals surface area contributed by atoms with Crippen LogP contribution in [0.15, 0.2) is 48.6 Å². The molecule has 1 aromatic rings. The maximum absolute atomic E-state index is 9.26. The Hall–Kier alpha value is 0.256. The molecule has 0 heterocycles. The smallest absolute Gasteiger partial charge is 0.186 e. The molecule has 0 saturated heterocycles. The molecule has 0 amide bonds. The normalized spacial score (nSPS) is 17.9. The van der Waals surface area contributed by atoms with Crippen molar-refractivity contribution in [1.82, 2.24) is 0 Å². The summed E-state index contributed by atoms with van der Waals surface area (Å²) in [5.74, 6) is -1.67. The first-order chi connectivity index (χ1) is 6.67. The molecule has 0 spiro atoms. The van der Waals surface area contributed by atoms with Crippen molar-refractivity contribution in [2.75, 3.05) is 0 Å². The molecule has 2 rings (SSSR count). The first kappa shape index (κ1) is 13.3. The monoisotopic (exact) mass is 227 g/mol. The van der Waals surface area contributed by atoms with Crippen molar-refractivity contribution in [3.63, 3.8) is 0 Å². The van der Waals surface area contributed by atoms with Gasteiger partial charge >= 0.3 is 0 Å². The fourth-order valence-electron chi connectivity index (χ4n) is 1.46.